The molecule has 4 nitrogen and oxygen atoms in total. The lowest BCUT2D eigenvalue weighted by atomic mass is 10.4. The van der Waals surface area contributed by atoms with E-state index in [0.29, 0.717) is 0 Å². The minimum Gasteiger partial charge on any atom is -0.390 e. The highest BCUT2D eigenvalue weighted by Crippen LogP contribution is 2.19. The quantitative estimate of drug-likeness (QED) is 0.766. The number of rotatable bonds is 2. The summed E-state index contributed by atoms with van der Waals surface area (Å²) in [5.74, 6) is 0.818. The van der Waals surface area contributed by atoms with Crippen molar-refractivity contribution in [3.05, 3.63) is 30.1 Å². The molecular formula is C10H13N3O. The lowest BCUT2D eigenvalue weighted by Gasteiger charge is -2.09. The second-order valence-corrected chi connectivity index (χ2v) is 3.36. The molecule has 0 aliphatic heterocycles. The Morgan fingerprint density at radius 2 is 2.21 bits per heavy atom. The van der Waals surface area contributed by atoms with Crippen molar-refractivity contribution in [1.82, 2.24) is 9.38 Å². The number of imidazole rings is 1. The number of fused-ring (bicyclic) bond motifs is 1. The van der Waals surface area contributed by atoms with Gasteiger partial charge in [0, 0.05) is 20.3 Å². The molecule has 4 heteroatoms. The van der Waals surface area contributed by atoms with E-state index in [4.69, 9.17) is 0 Å². The van der Waals surface area contributed by atoms with Gasteiger partial charge in [-0.3, -0.25) is 4.40 Å². The molecule has 0 aliphatic rings. The number of anilines is 1. The predicted octanol–water partition coefficient (Wildman–Crippen LogP) is 0.893. The summed E-state index contributed by atoms with van der Waals surface area (Å²) in [6, 6.07) is 5.78. The van der Waals surface area contributed by atoms with E-state index in [0.717, 1.165) is 17.2 Å². The van der Waals surface area contributed by atoms with Crippen LogP contribution in [0.25, 0.3) is 5.65 Å². The monoisotopic (exact) mass is 191 g/mol. The third kappa shape index (κ3) is 1.24. The van der Waals surface area contributed by atoms with Gasteiger partial charge in [0.05, 0.1) is 12.3 Å². The fraction of sp³-hybridized carbons (Fsp3) is 0.300. The Morgan fingerprint density at radius 1 is 1.43 bits per heavy atom. The molecule has 0 radical (unpaired) electrons. The fourth-order valence-corrected chi connectivity index (χ4v) is 1.54. The summed E-state index contributed by atoms with van der Waals surface area (Å²) >= 11 is 0. The van der Waals surface area contributed by atoms with Gasteiger partial charge in [-0.2, -0.15) is 0 Å². The normalized spacial score (nSPS) is 10.8. The van der Waals surface area contributed by atoms with E-state index in [1.165, 1.54) is 0 Å². The Kier molecular flexibility index (Phi) is 2.13. The molecule has 0 saturated carbocycles. The predicted molar refractivity (Wildman–Crippen MR) is 55.4 cm³/mol. The van der Waals surface area contributed by atoms with Gasteiger partial charge in [0.15, 0.2) is 5.82 Å². The van der Waals surface area contributed by atoms with Crippen LogP contribution in [0.5, 0.6) is 0 Å². The second kappa shape index (κ2) is 3.31. The molecule has 14 heavy (non-hydrogen) atoms. The summed E-state index contributed by atoms with van der Waals surface area (Å²) in [6.45, 7) is -0.00130. The molecule has 0 bridgehead atoms. The lowest BCUT2D eigenvalue weighted by Crippen LogP contribution is -2.11. The lowest BCUT2D eigenvalue weighted by molar-refractivity contribution is 0.276. The Bertz CT molecular complexity index is 448. The standard InChI is InChI=1S/C10H13N3O/c1-12(2)10-8(7-14)13-6-4-3-5-9(13)11-10/h3-6,14H,7H2,1-2H3. The minimum absolute atomic E-state index is 0.00130. The average molecular weight is 191 g/mol. The molecule has 2 aromatic heterocycles. The maximum atomic E-state index is 9.27. The van der Waals surface area contributed by atoms with E-state index < -0.39 is 0 Å². The van der Waals surface area contributed by atoms with Gasteiger partial charge in [0.25, 0.3) is 0 Å². The van der Waals surface area contributed by atoms with Gasteiger partial charge in [-0.25, -0.2) is 4.98 Å². The van der Waals surface area contributed by atoms with Crippen LogP contribution in [-0.4, -0.2) is 28.6 Å². The van der Waals surface area contributed by atoms with Crippen LogP contribution in [0.2, 0.25) is 0 Å². The first-order valence-corrected chi connectivity index (χ1v) is 4.48. The van der Waals surface area contributed by atoms with Crippen LogP contribution in [-0.2, 0) is 6.61 Å². The maximum Gasteiger partial charge on any atom is 0.153 e. The second-order valence-electron chi connectivity index (χ2n) is 3.36. The van der Waals surface area contributed by atoms with E-state index in [2.05, 4.69) is 4.98 Å². The third-order valence-electron chi connectivity index (χ3n) is 2.18. The highest BCUT2D eigenvalue weighted by atomic mass is 16.3. The minimum atomic E-state index is -0.00130. The van der Waals surface area contributed by atoms with Gasteiger partial charge in [-0.15, -0.1) is 0 Å². The molecule has 2 heterocycles. The van der Waals surface area contributed by atoms with Crippen LogP contribution in [0.1, 0.15) is 5.69 Å². The van der Waals surface area contributed by atoms with E-state index in [9.17, 15) is 5.11 Å². The van der Waals surface area contributed by atoms with Gasteiger partial charge in [0.1, 0.15) is 5.65 Å². The molecule has 0 atom stereocenters. The summed E-state index contributed by atoms with van der Waals surface area (Å²) < 4.78 is 1.90. The fourth-order valence-electron chi connectivity index (χ4n) is 1.54. The summed E-state index contributed by atoms with van der Waals surface area (Å²) in [5, 5.41) is 9.27. The van der Waals surface area contributed by atoms with Crippen LogP contribution < -0.4 is 4.90 Å². The molecule has 0 spiro atoms. The van der Waals surface area contributed by atoms with E-state index >= 15 is 0 Å². The zero-order valence-electron chi connectivity index (χ0n) is 8.31. The first kappa shape index (κ1) is 9.02. The molecule has 0 aliphatic carbocycles. The highest BCUT2D eigenvalue weighted by molar-refractivity contribution is 5.54. The number of hydrogen-bond donors (Lipinski definition) is 1. The van der Waals surface area contributed by atoms with Crippen LogP contribution in [0.4, 0.5) is 5.82 Å². The first-order valence-electron chi connectivity index (χ1n) is 4.48. The molecule has 0 aromatic carbocycles. The molecule has 1 N–H and O–H groups in total. The van der Waals surface area contributed by atoms with E-state index in [-0.39, 0.29) is 6.61 Å². The summed E-state index contributed by atoms with van der Waals surface area (Å²) in [5.41, 5.74) is 1.69. The van der Waals surface area contributed by atoms with Gasteiger partial charge in [-0.1, -0.05) is 6.07 Å². The van der Waals surface area contributed by atoms with Crippen molar-refractivity contribution in [2.45, 2.75) is 6.61 Å². The molecule has 0 fully saturated rings. The Labute approximate surface area is 82.4 Å². The number of hydrogen-bond acceptors (Lipinski definition) is 3. The van der Waals surface area contributed by atoms with Crippen LogP contribution in [0.15, 0.2) is 24.4 Å². The zero-order valence-corrected chi connectivity index (χ0v) is 8.31. The molecule has 0 amide bonds. The van der Waals surface area contributed by atoms with Crippen molar-refractivity contribution < 1.29 is 5.11 Å². The number of aromatic nitrogens is 2. The van der Waals surface area contributed by atoms with Gasteiger partial charge in [0.2, 0.25) is 0 Å². The van der Waals surface area contributed by atoms with Gasteiger partial charge < -0.3 is 10.0 Å². The van der Waals surface area contributed by atoms with E-state index in [1.54, 1.807) is 0 Å². The van der Waals surface area contributed by atoms with Crippen molar-refractivity contribution in [3.63, 3.8) is 0 Å². The topological polar surface area (TPSA) is 40.8 Å². The first-order chi connectivity index (χ1) is 6.74. The van der Waals surface area contributed by atoms with Crippen LogP contribution >= 0.6 is 0 Å². The zero-order chi connectivity index (χ0) is 10.1. The Morgan fingerprint density at radius 3 is 2.86 bits per heavy atom. The molecule has 2 aromatic rings. The number of nitrogens with zero attached hydrogens (tertiary/aromatic N) is 3. The number of aliphatic hydroxyl groups is 1. The Hall–Kier alpha value is -1.55. The smallest absolute Gasteiger partial charge is 0.153 e. The largest absolute Gasteiger partial charge is 0.390 e. The number of aliphatic hydroxyl groups excluding tert-OH is 1. The van der Waals surface area contributed by atoms with Crippen LogP contribution in [0, 0.1) is 0 Å². The third-order valence-corrected chi connectivity index (χ3v) is 2.18. The molecule has 0 saturated heterocycles. The molecular weight excluding hydrogens is 178 g/mol. The van der Waals surface area contributed by atoms with Crippen molar-refractivity contribution in [1.29, 1.82) is 0 Å². The van der Waals surface area contributed by atoms with Gasteiger partial charge in [-0.05, 0) is 12.1 Å². The SMILES string of the molecule is CN(C)c1nc2ccccn2c1CO. The maximum absolute atomic E-state index is 9.27. The van der Waals surface area contributed by atoms with Crippen molar-refractivity contribution in [3.8, 4) is 0 Å². The van der Waals surface area contributed by atoms with Crippen LogP contribution in [0.3, 0.4) is 0 Å². The van der Waals surface area contributed by atoms with E-state index in [1.807, 2.05) is 47.8 Å². The summed E-state index contributed by atoms with van der Waals surface area (Å²) in [4.78, 5) is 6.31. The Balaban J connectivity index is 2.72. The molecule has 2 rings (SSSR count). The average Bonchev–Trinajstić information content (AvgIpc) is 2.56. The highest BCUT2D eigenvalue weighted by Gasteiger charge is 2.11. The van der Waals surface area contributed by atoms with Gasteiger partial charge >= 0.3 is 0 Å². The van der Waals surface area contributed by atoms with Crippen molar-refractivity contribution in [2.75, 3.05) is 19.0 Å². The summed E-state index contributed by atoms with van der Waals surface area (Å²) in [6.07, 6.45) is 1.90. The number of pyridine rings is 1. The van der Waals surface area contributed by atoms with Crippen molar-refractivity contribution in [2.24, 2.45) is 0 Å². The molecule has 74 valence electrons. The van der Waals surface area contributed by atoms with Crippen molar-refractivity contribution >= 4 is 11.5 Å². The summed E-state index contributed by atoms with van der Waals surface area (Å²) in [7, 11) is 3.84. The molecule has 0 unspecified atom stereocenters.